The predicted octanol–water partition coefficient (Wildman–Crippen LogP) is 2.52. The lowest BCUT2D eigenvalue weighted by Gasteiger charge is -2.22. The summed E-state index contributed by atoms with van der Waals surface area (Å²) >= 11 is 3.50. The Morgan fingerprint density at radius 1 is 1.26 bits per heavy atom. The fraction of sp³-hybridized carbons (Fsp3) is 0.136. The number of carbonyl (C=O) groups excluding carboxylic acids is 2. The Bertz CT molecular complexity index is 1190. The molecular weight excluding hydrogens is 460 g/mol. The molecule has 0 saturated heterocycles. The van der Waals surface area contributed by atoms with Crippen LogP contribution in [0.15, 0.2) is 75.5 Å². The zero-order chi connectivity index (χ0) is 21.8. The molecule has 0 aliphatic carbocycles. The van der Waals surface area contributed by atoms with Crippen LogP contribution in [0.5, 0.6) is 0 Å². The lowest BCUT2D eigenvalue weighted by molar-refractivity contribution is -0.123. The first-order chi connectivity index (χ1) is 15.0. The number of halogens is 1. The van der Waals surface area contributed by atoms with Gasteiger partial charge < -0.3 is 4.90 Å². The van der Waals surface area contributed by atoms with Crippen LogP contribution in [0, 0.1) is 0 Å². The summed E-state index contributed by atoms with van der Waals surface area (Å²) in [4.78, 5) is 31.3. The number of benzodiazepines with no additional fused rings is 1. The van der Waals surface area contributed by atoms with Crippen molar-refractivity contribution in [3.8, 4) is 0 Å². The standard InChI is InChI=1S/C22H19BrN6O2/c1-28-13-15(11-26-28)10-25-27-20(30)14-29-19-8-7-17(23)9-18(19)22(24-12-21(29)31)16-5-3-2-4-6-16/h2-11,13H,12,14H2,1H3,(H,27,30). The highest BCUT2D eigenvalue weighted by atomic mass is 79.9. The molecule has 1 aliphatic rings. The third kappa shape index (κ3) is 4.77. The molecule has 2 heterocycles. The molecule has 0 unspecified atom stereocenters. The van der Waals surface area contributed by atoms with Crippen molar-refractivity contribution >= 4 is 45.4 Å². The largest absolute Gasteiger partial charge is 0.301 e. The predicted molar refractivity (Wildman–Crippen MR) is 122 cm³/mol. The number of hydrogen-bond acceptors (Lipinski definition) is 5. The molecule has 9 heteroatoms. The summed E-state index contributed by atoms with van der Waals surface area (Å²) in [5, 5.41) is 7.99. The third-order valence-corrected chi connectivity index (χ3v) is 5.15. The van der Waals surface area contributed by atoms with Crippen molar-refractivity contribution in [3.63, 3.8) is 0 Å². The Kier molecular flexibility index (Phi) is 6.03. The molecule has 0 atom stereocenters. The lowest BCUT2D eigenvalue weighted by atomic mass is 10.0. The van der Waals surface area contributed by atoms with Crippen LogP contribution in [0.25, 0.3) is 0 Å². The number of benzene rings is 2. The molecule has 0 saturated carbocycles. The summed E-state index contributed by atoms with van der Waals surface area (Å²) in [5.74, 6) is -0.675. The summed E-state index contributed by atoms with van der Waals surface area (Å²) in [5.41, 5.74) is 6.24. The van der Waals surface area contributed by atoms with E-state index in [2.05, 4.69) is 36.5 Å². The van der Waals surface area contributed by atoms with Crippen LogP contribution in [0.4, 0.5) is 5.69 Å². The summed E-state index contributed by atoms with van der Waals surface area (Å²) in [7, 11) is 1.79. The van der Waals surface area contributed by atoms with Crippen molar-refractivity contribution in [2.75, 3.05) is 18.0 Å². The quantitative estimate of drug-likeness (QED) is 0.451. The second-order valence-corrected chi connectivity index (χ2v) is 7.83. The van der Waals surface area contributed by atoms with Gasteiger partial charge in [0.2, 0.25) is 5.91 Å². The van der Waals surface area contributed by atoms with Crippen LogP contribution in [0.2, 0.25) is 0 Å². The van der Waals surface area contributed by atoms with Gasteiger partial charge in [0.25, 0.3) is 5.91 Å². The average Bonchev–Trinajstić information content (AvgIpc) is 3.12. The van der Waals surface area contributed by atoms with Crippen molar-refractivity contribution < 1.29 is 9.59 Å². The highest BCUT2D eigenvalue weighted by molar-refractivity contribution is 9.10. The molecule has 2 amide bonds. The number of carbonyl (C=O) groups is 2. The summed E-state index contributed by atoms with van der Waals surface area (Å²) in [6.07, 6.45) is 4.89. The molecule has 1 aliphatic heterocycles. The smallest absolute Gasteiger partial charge is 0.260 e. The second-order valence-electron chi connectivity index (χ2n) is 6.91. The highest BCUT2D eigenvalue weighted by Crippen LogP contribution is 2.29. The Hall–Kier alpha value is -3.59. The van der Waals surface area contributed by atoms with Crippen LogP contribution in [-0.4, -0.2) is 46.6 Å². The van der Waals surface area contributed by atoms with Gasteiger partial charge in [0.05, 0.1) is 23.8 Å². The van der Waals surface area contributed by atoms with Gasteiger partial charge >= 0.3 is 0 Å². The minimum absolute atomic E-state index is 0.0528. The number of aryl methyl sites for hydroxylation is 1. The molecule has 0 fully saturated rings. The van der Waals surface area contributed by atoms with Crippen LogP contribution >= 0.6 is 15.9 Å². The number of anilines is 1. The van der Waals surface area contributed by atoms with Gasteiger partial charge in [0.1, 0.15) is 13.1 Å². The minimum atomic E-state index is -0.412. The Labute approximate surface area is 187 Å². The first kappa shape index (κ1) is 20.7. The second kappa shape index (κ2) is 9.05. The number of hydrogen-bond donors (Lipinski definition) is 1. The maximum atomic E-state index is 12.9. The lowest BCUT2D eigenvalue weighted by Crippen LogP contribution is -2.40. The van der Waals surface area contributed by atoms with Gasteiger partial charge in [0, 0.05) is 34.4 Å². The molecule has 0 bridgehead atoms. The Morgan fingerprint density at radius 2 is 2.06 bits per heavy atom. The molecule has 31 heavy (non-hydrogen) atoms. The van der Waals surface area contributed by atoms with Crippen molar-refractivity contribution in [3.05, 3.63) is 82.1 Å². The maximum Gasteiger partial charge on any atom is 0.260 e. The van der Waals surface area contributed by atoms with Crippen LogP contribution in [0.3, 0.4) is 0 Å². The van der Waals surface area contributed by atoms with Gasteiger partial charge in [-0.05, 0) is 18.2 Å². The summed E-state index contributed by atoms with van der Waals surface area (Å²) in [6, 6.07) is 15.2. The molecule has 8 nitrogen and oxygen atoms in total. The number of aliphatic imine (C=N–C) groups is 1. The van der Waals surface area contributed by atoms with E-state index in [1.54, 1.807) is 24.1 Å². The van der Waals surface area contributed by atoms with E-state index in [-0.39, 0.29) is 19.0 Å². The number of hydrazone groups is 1. The number of nitrogens with zero attached hydrogens (tertiary/aromatic N) is 5. The molecule has 1 aromatic heterocycles. The molecule has 0 radical (unpaired) electrons. The minimum Gasteiger partial charge on any atom is -0.301 e. The van der Waals surface area contributed by atoms with E-state index in [9.17, 15) is 9.59 Å². The monoisotopic (exact) mass is 478 g/mol. The number of amides is 2. The summed E-state index contributed by atoms with van der Waals surface area (Å²) < 4.78 is 2.49. The zero-order valence-electron chi connectivity index (χ0n) is 16.7. The van der Waals surface area contributed by atoms with Gasteiger partial charge in [-0.15, -0.1) is 0 Å². The van der Waals surface area contributed by atoms with Gasteiger partial charge in [0.15, 0.2) is 0 Å². The fourth-order valence-corrected chi connectivity index (χ4v) is 3.63. The molecule has 2 aromatic carbocycles. The molecule has 156 valence electrons. The molecule has 0 spiro atoms. The SMILES string of the molecule is Cn1cc(C=NNC(=O)CN2C(=O)CN=C(c3ccccc3)c3cc(Br)ccc32)cn1. The van der Waals surface area contributed by atoms with E-state index in [0.29, 0.717) is 11.4 Å². The van der Waals surface area contributed by atoms with Crippen LogP contribution in [-0.2, 0) is 16.6 Å². The van der Waals surface area contributed by atoms with Crippen molar-refractivity contribution in [1.29, 1.82) is 0 Å². The first-order valence-corrected chi connectivity index (χ1v) is 10.3. The molecular formula is C22H19BrN6O2. The normalized spacial score (nSPS) is 13.7. The highest BCUT2D eigenvalue weighted by Gasteiger charge is 2.27. The van der Waals surface area contributed by atoms with Crippen molar-refractivity contribution in [2.45, 2.75) is 0 Å². The summed E-state index contributed by atoms with van der Waals surface area (Å²) in [6.45, 7) is -0.224. The average molecular weight is 479 g/mol. The topological polar surface area (TPSA) is 92.0 Å². The van der Waals surface area contributed by atoms with E-state index in [1.165, 1.54) is 11.1 Å². The number of fused-ring (bicyclic) bond motifs is 1. The van der Waals surface area contributed by atoms with E-state index >= 15 is 0 Å². The molecule has 1 N–H and O–H groups in total. The van der Waals surface area contributed by atoms with E-state index in [4.69, 9.17) is 0 Å². The third-order valence-electron chi connectivity index (χ3n) is 4.65. The van der Waals surface area contributed by atoms with E-state index in [1.807, 2.05) is 48.5 Å². The van der Waals surface area contributed by atoms with Crippen LogP contribution in [0.1, 0.15) is 16.7 Å². The zero-order valence-corrected chi connectivity index (χ0v) is 18.3. The van der Waals surface area contributed by atoms with Crippen molar-refractivity contribution in [1.82, 2.24) is 15.2 Å². The maximum absolute atomic E-state index is 12.9. The van der Waals surface area contributed by atoms with Crippen LogP contribution < -0.4 is 10.3 Å². The van der Waals surface area contributed by atoms with E-state index < -0.39 is 5.91 Å². The van der Waals surface area contributed by atoms with Gasteiger partial charge in [-0.3, -0.25) is 19.3 Å². The van der Waals surface area contributed by atoms with Crippen molar-refractivity contribution in [2.24, 2.45) is 17.1 Å². The number of rotatable bonds is 5. The van der Waals surface area contributed by atoms with Gasteiger partial charge in [-0.1, -0.05) is 46.3 Å². The number of nitrogens with one attached hydrogen (secondary N) is 1. The Balaban J connectivity index is 1.58. The first-order valence-electron chi connectivity index (χ1n) is 9.52. The molecule has 3 aromatic rings. The van der Waals surface area contributed by atoms with Gasteiger partial charge in [-0.2, -0.15) is 10.2 Å². The number of aromatic nitrogens is 2. The fourth-order valence-electron chi connectivity index (χ4n) is 3.27. The Morgan fingerprint density at radius 3 is 2.81 bits per heavy atom. The van der Waals surface area contributed by atoms with Gasteiger partial charge in [-0.25, -0.2) is 5.43 Å². The molecule has 4 rings (SSSR count). The van der Waals surface area contributed by atoms with E-state index in [0.717, 1.165) is 21.2 Å².